The predicted molar refractivity (Wildman–Crippen MR) is 87.7 cm³/mol. The van der Waals surface area contributed by atoms with Gasteiger partial charge in [-0.25, -0.2) is 4.79 Å². The molecule has 118 valence electrons. The molecule has 0 fully saturated rings. The Morgan fingerprint density at radius 3 is 2.50 bits per heavy atom. The second-order valence-electron chi connectivity index (χ2n) is 5.18. The number of hydrogen-bond donors (Lipinski definition) is 1. The van der Waals surface area contributed by atoms with Gasteiger partial charge < -0.3 is 4.84 Å². The maximum atomic E-state index is 12.2. The van der Waals surface area contributed by atoms with Gasteiger partial charge in [0.05, 0.1) is 5.56 Å². The Balaban J connectivity index is 2.59. The number of rotatable bonds is 6. The van der Waals surface area contributed by atoms with Crippen LogP contribution in [-0.4, -0.2) is 16.3 Å². The van der Waals surface area contributed by atoms with E-state index in [-0.39, 0.29) is 11.5 Å². The van der Waals surface area contributed by atoms with E-state index in [1.807, 2.05) is 51.1 Å². The molecule has 1 N–H and O–H groups in total. The van der Waals surface area contributed by atoms with E-state index < -0.39 is 5.69 Å². The normalized spacial score (nSPS) is 10.9. The summed E-state index contributed by atoms with van der Waals surface area (Å²) in [6, 6.07) is 9.63. The molecule has 0 aliphatic heterocycles. The Morgan fingerprint density at radius 1 is 1.23 bits per heavy atom. The van der Waals surface area contributed by atoms with Gasteiger partial charge in [0.15, 0.2) is 0 Å². The molecular weight excluding hydrogens is 300 g/mol. The SMILES string of the molecule is CCCOn1c(Sc2ccccc2)c(C(C)C)c(=O)[nH]c1=O. The first-order valence-corrected chi connectivity index (χ1v) is 8.11. The van der Waals surface area contributed by atoms with E-state index in [0.717, 1.165) is 11.3 Å². The maximum Gasteiger partial charge on any atom is 0.362 e. The van der Waals surface area contributed by atoms with Crippen LogP contribution in [0.4, 0.5) is 0 Å². The van der Waals surface area contributed by atoms with Crippen LogP contribution in [0.2, 0.25) is 0 Å². The summed E-state index contributed by atoms with van der Waals surface area (Å²) in [7, 11) is 0. The number of hydrogen-bond acceptors (Lipinski definition) is 4. The van der Waals surface area contributed by atoms with E-state index >= 15 is 0 Å². The largest absolute Gasteiger partial charge is 0.408 e. The topological polar surface area (TPSA) is 64.1 Å². The fraction of sp³-hybridized carbons (Fsp3) is 0.375. The summed E-state index contributed by atoms with van der Waals surface area (Å²) >= 11 is 1.37. The quantitative estimate of drug-likeness (QED) is 0.831. The van der Waals surface area contributed by atoms with E-state index in [0.29, 0.717) is 17.2 Å². The van der Waals surface area contributed by atoms with Crippen LogP contribution in [0.25, 0.3) is 0 Å². The average Bonchev–Trinajstić information content (AvgIpc) is 2.47. The van der Waals surface area contributed by atoms with Crippen molar-refractivity contribution in [2.75, 3.05) is 6.61 Å². The summed E-state index contributed by atoms with van der Waals surface area (Å²) in [5, 5.41) is 0.545. The Hall–Kier alpha value is -1.95. The van der Waals surface area contributed by atoms with Gasteiger partial charge in [-0.1, -0.05) is 50.7 Å². The van der Waals surface area contributed by atoms with Gasteiger partial charge in [0.25, 0.3) is 5.56 Å². The van der Waals surface area contributed by atoms with Crippen LogP contribution >= 0.6 is 11.8 Å². The number of H-pyrrole nitrogens is 1. The molecular formula is C16H20N2O3S. The second kappa shape index (κ2) is 7.35. The highest BCUT2D eigenvalue weighted by molar-refractivity contribution is 7.99. The number of aromatic nitrogens is 2. The lowest BCUT2D eigenvalue weighted by atomic mass is 10.1. The summed E-state index contributed by atoms with van der Waals surface area (Å²) in [4.78, 5) is 33.1. The van der Waals surface area contributed by atoms with Crippen molar-refractivity contribution < 1.29 is 4.84 Å². The summed E-state index contributed by atoms with van der Waals surface area (Å²) in [5.41, 5.74) is -0.333. The van der Waals surface area contributed by atoms with Gasteiger partial charge in [-0.05, 0) is 24.5 Å². The molecule has 0 spiro atoms. The molecule has 0 radical (unpaired) electrons. The third-order valence-electron chi connectivity index (χ3n) is 3.02. The van der Waals surface area contributed by atoms with Gasteiger partial charge in [0, 0.05) is 4.90 Å². The lowest BCUT2D eigenvalue weighted by Gasteiger charge is -2.17. The van der Waals surface area contributed by atoms with Crippen molar-refractivity contribution in [3.8, 4) is 0 Å². The first kappa shape index (κ1) is 16.4. The monoisotopic (exact) mass is 320 g/mol. The van der Waals surface area contributed by atoms with Gasteiger partial charge in [-0.2, -0.15) is 0 Å². The molecule has 0 atom stereocenters. The van der Waals surface area contributed by atoms with E-state index in [1.54, 1.807) is 0 Å². The van der Waals surface area contributed by atoms with Crippen molar-refractivity contribution in [1.29, 1.82) is 0 Å². The van der Waals surface area contributed by atoms with E-state index in [2.05, 4.69) is 4.98 Å². The van der Waals surface area contributed by atoms with Crippen LogP contribution in [0.5, 0.6) is 0 Å². The van der Waals surface area contributed by atoms with Crippen molar-refractivity contribution in [3.63, 3.8) is 0 Å². The molecule has 6 heteroatoms. The zero-order valence-corrected chi connectivity index (χ0v) is 13.8. The van der Waals surface area contributed by atoms with Crippen molar-refractivity contribution in [3.05, 3.63) is 56.7 Å². The summed E-state index contributed by atoms with van der Waals surface area (Å²) in [6.07, 6.45) is 0.776. The second-order valence-corrected chi connectivity index (χ2v) is 6.24. The zero-order chi connectivity index (χ0) is 16.1. The first-order valence-electron chi connectivity index (χ1n) is 7.30. The molecule has 0 amide bonds. The lowest BCUT2D eigenvalue weighted by Crippen LogP contribution is -2.38. The summed E-state index contributed by atoms with van der Waals surface area (Å²) in [6.45, 7) is 6.22. The summed E-state index contributed by atoms with van der Waals surface area (Å²) < 4.78 is 1.21. The van der Waals surface area contributed by atoms with Crippen molar-refractivity contribution in [2.24, 2.45) is 0 Å². The van der Waals surface area contributed by atoms with Gasteiger partial charge in [0.2, 0.25) is 0 Å². The number of nitrogens with zero attached hydrogens (tertiary/aromatic N) is 1. The molecule has 1 aromatic heterocycles. The van der Waals surface area contributed by atoms with Gasteiger partial charge in [0.1, 0.15) is 11.6 Å². The highest BCUT2D eigenvalue weighted by Crippen LogP contribution is 2.30. The van der Waals surface area contributed by atoms with Crippen LogP contribution in [0.15, 0.2) is 49.8 Å². The van der Waals surface area contributed by atoms with Gasteiger partial charge in [-0.15, -0.1) is 4.73 Å². The van der Waals surface area contributed by atoms with Gasteiger partial charge >= 0.3 is 5.69 Å². The van der Waals surface area contributed by atoms with Crippen LogP contribution in [0.1, 0.15) is 38.7 Å². The van der Waals surface area contributed by atoms with Crippen LogP contribution in [-0.2, 0) is 0 Å². The standard InChI is InChI=1S/C16H20N2O3S/c1-4-10-21-18-15(22-12-8-6-5-7-9-12)13(11(2)3)14(19)17-16(18)20/h5-9,11H,4,10H2,1-3H3,(H,17,19,20). The highest BCUT2D eigenvalue weighted by Gasteiger charge is 2.19. The van der Waals surface area contributed by atoms with Crippen LogP contribution < -0.4 is 16.1 Å². The van der Waals surface area contributed by atoms with E-state index in [1.165, 1.54) is 16.5 Å². The van der Waals surface area contributed by atoms with Crippen molar-refractivity contribution in [1.82, 2.24) is 9.71 Å². The smallest absolute Gasteiger partial charge is 0.362 e. The third kappa shape index (κ3) is 3.62. The molecule has 0 aliphatic carbocycles. The van der Waals surface area contributed by atoms with Crippen molar-refractivity contribution in [2.45, 2.75) is 43.0 Å². The molecule has 2 aromatic rings. The molecule has 0 bridgehead atoms. The molecule has 2 rings (SSSR count). The number of nitrogens with one attached hydrogen (secondary N) is 1. The zero-order valence-electron chi connectivity index (χ0n) is 13.0. The Bertz CT molecular complexity index is 735. The molecule has 22 heavy (non-hydrogen) atoms. The van der Waals surface area contributed by atoms with Crippen LogP contribution in [0.3, 0.4) is 0 Å². The van der Waals surface area contributed by atoms with Crippen LogP contribution in [0, 0.1) is 0 Å². The number of aromatic amines is 1. The Morgan fingerprint density at radius 2 is 1.91 bits per heavy atom. The molecule has 1 aromatic carbocycles. The average molecular weight is 320 g/mol. The number of benzene rings is 1. The summed E-state index contributed by atoms with van der Waals surface area (Å²) in [5.74, 6) is -0.0213. The van der Waals surface area contributed by atoms with Crippen molar-refractivity contribution >= 4 is 11.8 Å². The fourth-order valence-corrected chi connectivity index (χ4v) is 3.19. The minimum absolute atomic E-state index is 0.0213. The Labute approximate surface area is 133 Å². The fourth-order valence-electron chi connectivity index (χ4n) is 2.02. The Kier molecular flexibility index (Phi) is 5.49. The minimum atomic E-state index is -0.540. The molecule has 0 saturated carbocycles. The highest BCUT2D eigenvalue weighted by atomic mass is 32.2. The molecule has 1 heterocycles. The van der Waals surface area contributed by atoms with E-state index in [9.17, 15) is 9.59 Å². The maximum absolute atomic E-state index is 12.2. The van der Waals surface area contributed by atoms with Gasteiger partial charge in [-0.3, -0.25) is 9.78 Å². The molecule has 0 saturated heterocycles. The molecule has 0 aliphatic rings. The molecule has 5 nitrogen and oxygen atoms in total. The minimum Gasteiger partial charge on any atom is -0.408 e. The third-order valence-corrected chi connectivity index (χ3v) is 4.11. The predicted octanol–water partition coefficient (Wildman–Crippen LogP) is 2.65. The first-order chi connectivity index (χ1) is 10.5. The molecule has 0 unspecified atom stereocenters. The van der Waals surface area contributed by atoms with E-state index in [4.69, 9.17) is 4.84 Å². The lowest BCUT2D eigenvalue weighted by molar-refractivity contribution is 0.0786.